The Hall–Kier alpha value is -4.48. The van der Waals surface area contributed by atoms with E-state index in [0.717, 1.165) is 64.1 Å². The highest BCUT2D eigenvalue weighted by Gasteiger charge is 2.20. The molecule has 1 saturated heterocycles. The van der Waals surface area contributed by atoms with Crippen molar-refractivity contribution in [2.24, 2.45) is 4.99 Å². The predicted molar refractivity (Wildman–Crippen MR) is 169 cm³/mol. The third-order valence-corrected chi connectivity index (χ3v) is 7.56. The number of hydrogen-bond acceptors (Lipinski definition) is 8. The van der Waals surface area contributed by atoms with Crippen molar-refractivity contribution < 1.29 is 23.8 Å². The normalized spacial score (nSPS) is 17.7. The molecule has 3 heterocycles. The van der Waals surface area contributed by atoms with E-state index in [-0.39, 0.29) is 30.7 Å². The molecule has 44 heavy (non-hydrogen) atoms. The van der Waals surface area contributed by atoms with Crippen molar-refractivity contribution in [3.8, 4) is 0 Å². The van der Waals surface area contributed by atoms with Crippen molar-refractivity contribution in [3.63, 3.8) is 0 Å². The molecule has 1 aliphatic carbocycles. The lowest BCUT2D eigenvalue weighted by Crippen LogP contribution is -2.37. The van der Waals surface area contributed by atoms with Gasteiger partial charge in [0.05, 0.1) is 24.6 Å². The van der Waals surface area contributed by atoms with Gasteiger partial charge in [0.15, 0.2) is 6.61 Å². The molecule has 0 unspecified atom stereocenters. The Balaban J connectivity index is 1.22. The number of allylic oxidation sites excluding steroid dienone is 4. The first-order valence-electron chi connectivity index (χ1n) is 15.1. The van der Waals surface area contributed by atoms with E-state index in [0.29, 0.717) is 30.1 Å². The minimum absolute atomic E-state index is 0.0936. The maximum Gasteiger partial charge on any atom is 0.346 e. The van der Waals surface area contributed by atoms with Gasteiger partial charge in [-0.1, -0.05) is 42.0 Å². The third kappa shape index (κ3) is 9.26. The number of aliphatic imine (C=N–C) groups is 1. The summed E-state index contributed by atoms with van der Waals surface area (Å²) in [5, 5.41) is 2.78. The quantitative estimate of drug-likeness (QED) is 0.275. The number of pyridine rings is 1. The molecule has 0 radical (unpaired) electrons. The Morgan fingerprint density at radius 2 is 1.98 bits per heavy atom. The highest BCUT2D eigenvalue weighted by molar-refractivity contribution is 6.04. The number of hydrogen-bond donors (Lipinski definition) is 2. The van der Waals surface area contributed by atoms with Gasteiger partial charge in [-0.05, 0) is 56.0 Å². The molecule has 1 aromatic carbocycles. The first kappa shape index (κ1) is 31.0. The van der Waals surface area contributed by atoms with Gasteiger partial charge < -0.3 is 30.2 Å². The summed E-state index contributed by atoms with van der Waals surface area (Å²) in [6, 6.07) is 10.1. The molecule has 3 aliphatic rings. The second-order valence-corrected chi connectivity index (χ2v) is 10.9. The molecule has 2 aliphatic heterocycles. The average Bonchev–Trinajstić information content (AvgIpc) is 3.05. The second-order valence-electron chi connectivity index (χ2n) is 10.9. The van der Waals surface area contributed by atoms with E-state index >= 15 is 0 Å². The van der Waals surface area contributed by atoms with Gasteiger partial charge in [-0.2, -0.15) is 4.99 Å². The van der Waals surface area contributed by atoms with Crippen LogP contribution in [0.15, 0.2) is 83.4 Å². The highest BCUT2D eigenvalue weighted by atomic mass is 16.6. The molecule has 3 N–H and O–H groups in total. The van der Waals surface area contributed by atoms with Crippen LogP contribution in [-0.4, -0.2) is 78.6 Å². The lowest BCUT2D eigenvalue weighted by Gasteiger charge is -2.27. The van der Waals surface area contributed by atoms with Crippen LogP contribution in [-0.2, 0) is 20.8 Å². The summed E-state index contributed by atoms with van der Waals surface area (Å²) in [4.78, 5) is 38.9. The van der Waals surface area contributed by atoms with Crippen molar-refractivity contribution in [3.05, 3.63) is 89.7 Å². The van der Waals surface area contributed by atoms with Crippen LogP contribution in [0, 0.1) is 0 Å². The molecule has 3 amide bonds. The Bertz CT molecular complexity index is 1410. The van der Waals surface area contributed by atoms with Gasteiger partial charge in [-0.25, -0.2) is 4.79 Å². The van der Waals surface area contributed by atoms with Crippen LogP contribution in [0.2, 0.25) is 0 Å². The SMILES string of the molecule is Nc1ccccc1NC(=O)c1ccc(CN(CCCCN2CCOCC2)C(=O)N=C2COC=C(CC3=CC=CCC3)O2)cn1. The van der Waals surface area contributed by atoms with Crippen LogP contribution >= 0.6 is 0 Å². The standard InChI is InChI=1S/C33H40N6O5/c34-28-10-4-5-11-29(28)36-32(40)30-13-12-26(21-35-30)22-39(15-7-6-14-38-16-18-42-19-17-38)33(41)37-31-24-43-23-27(44-31)20-25-8-2-1-3-9-25/h1-2,4-5,8,10-13,21,23H,3,6-7,9,14-20,22,24,34H2,(H,36,40). The maximum absolute atomic E-state index is 13.5. The molecule has 11 nitrogen and oxygen atoms in total. The van der Waals surface area contributed by atoms with Gasteiger partial charge in [-0.3, -0.25) is 14.7 Å². The van der Waals surface area contributed by atoms with Crippen LogP contribution < -0.4 is 11.1 Å². The Morgan fingerprint density at radius 3 is 2.75 bits per heavy atom. The number of para-hydroxylation sites is 2. The summed E-state index contributed by atoms with van der Waals surface area (Å²) < 4.78 is 17.0. The fraction of sp³-hybridized carbons (Fsp3) is 0.394. The number of nitrogen functional groups attached to an aromatic ring is 1. The minimum Gasteiger partial charge on any atom is -0.488 e. The lowest BCUT2D eigenvalue weighted by molar-refractivity contribution is 0.0369. The van der Waals surface area contributed by atoms with Crippen molar-refractivity contribution in [2.45, 2.75) is 38.6 Å². The van der Waals surface area contributed by atoms with Gasteiger partial charge in [0.1, 0.15) is 17.7 Å². The minimum atomic E-state index is -0.405. The lowest BCUT2D eigenvalue weighted by atomic mass is 10.0. The van der Waals surface area contributed by atoms with E-state index in [4.69, 9.17) is 19.9 Å². The first-order chi connectivity index (χ1) is 21.5. The van der Waals surface area contributed by atoms with Crippen molar-refractivity contribution >= 4 is 29.2 Å². The van der Waals surface area contributed by atoms with Crippen LogP contribution in [0.1, 0.15) is 48.2 Å². The summed E-state index contributed by atoms with van der Waals surface area (Å²) in [6.45, 7) is 5.22. The zero-order chi connectivity index (χ0) is 30.6. The van der Waals surface area contributed by atoms with Gasteiger partial charge in [0, 0.05) is 38.8 Å². The Kier molecular flexibility index (Phi) is 11.1. The number of carbonyl (C=O) groups is 2. The number of rotatable bonds is 11. The number of anilines is 2. The number of nitrogens with one attached hydrogen (secondary N) is 1. The summed E-state index contributed by atoms with van der Waals surface area (Å²) in [5.74, 6) is 0.509. The fourth-order valence-corrected chi connectivity index (χ4v) is 5.12. The van der Waals surface area contributed by atoms with Crippen molar-refractivity contribution in [1.82, 2.24) is 14.8 Å². The van der Waals surface area contributed by atoms with Gasteiger partial charge in [0.25, 0.3) is 5.91 Å². The average molecular weight is 601 g/mol. The number of unbranched alkanes of at least 4 members (excludes halogenated alkanes) is 1. The van der Waals surface area contributed by atoms with E-state index in [9.17, 15) is 9.59 Å². The summed E-state index contributed by atoms with van der Waals surface area (Å²) in [6.07, 6.45) is 13.8. The molecule has 0 saturated carbocycles. The number of nitrogens with two attached hydrogens (primary N) is 1. The van der Waals surface area contributed by atoms with Gasteiger partial charge in [-0.15, -0.1) is 0 Å². The number of benzene rings is 1. The van der Waals surface area contributed by atoms with Crippen molar-refractivity contribution in [2.75, 3.05) is 57.1 Å². The predicted octanol–water partition coefficient (Wildman–Crippen LogP) is 4.90. The smallest absolute Gasteiger partial charge is 0.346 e. The number of nitrogens with zero attached hydrogens (tertiary/aromatic N) is 4. The number of ether oxygens (including phenoxy) is 3. The summed E-state index contributed by atoms with van der Waals surface area (Å²) in [5.41, 5.74) is 9.21. The van der Waals surface area contributed by atoms with Crippen LogP contribution in [0.3, 0.4) is 0 Å². The first-order valence-corrected chi connectivity index (χ1v) is 15.1. The molecule has 0 spiro atoms. The molecule has 2 aromatic rings. The number of carbonyl (C=O) groups excluding carboxylic acids is 2. The molecule has 11 heteroatoms. The van der Waals surface area contributed by atoms with E-state index in [1.165, 1.54) is 5.57 Å². The zero-order valence-electron chi connectivity index (χ0n) is 25.0. The van der Waals surface area contributed by atoms with Gasteiger partial charge >= 0.3 is 6.03 Å². The van der Waals surface area contributed by atoms with E-state index in [1.54, 1.807) is 53.8 Å². The van der Waals surface area contributed by atoms with E-state index in [2.05, 4.69) is 32.3 Å². The van der Waals surface area contributed by atoms with Crippen LogP contribution in [0.25, 0.3) is 0 Å². The molecular weight excluding hydrogens is 560 g/mol. The fourth-order valence-electron chi connectivity index (χ4n) is 5.12. The van der Waals surface area contributed by atoms with Gasteiger partial charge in [0.2, 0.25) is 5.90 Å². The molecule has 0 bridgehead atoms. The number of amides is 3. The van der Waals surface area contributed by atoms with E-state index < -0.39 is 6.03 Å². The molecule has 5 rings (SSSR count). The topological polar surface area (TPSA) is 132 Å². The Labute approximate surface area is 258 Å². The van der Waals surface area contributed by atoms with Crippen LogP contribution in [0.5, 0.6) is 0 Å². The number of morpholine rings is 1. The molecule has 0 atom stereocenters. The molecule has 1 aromatic heterocycles. The Morgan fingerprint density at radius 1 is 1.11 bits per heavy atom. The summed E-state index contributed by atoms with van der Waals surface area (Å²) in [7, 11) is 0. The monoisotopic (exact) mass is 600 g/mol. The molecule has 232 valence electrons. The molecule has 1 fully saturated rings. The van der Waals surface area contributed by atoms with Crippen LogP contribution in [0.4, 0.5) is 16.2 Å². The highest BCUT2D eigenvalue weighted by Crippen LogP contribution is 2.23. The number of urea groups is 1. The maximum atomic E-state index is 13.5. The largest absolute Gasteiger partial charge is 0.488 e. The molecular formula is C33H40N6O5. The third-order valence-electron chi connectivity index (χ3n) is 7.56. The number of aromatic nitrogens is 1. The summed E-state index contributed by atoms with van der Waals surface area (Å²) >= 11 is 0. The zero-order valence-corrected chi connectivity index (χ0v) is 25.0. The van der Waals surface area contributed by atoms with Crippen molar-refractivity contribution in [1.29, 1.82) is 0 Å². The second kappa shape index (κ2) is 15.8. The van der Waals surface area contributed by atoms with E-state index in [1.807, 2.05) is 6.08 Å².